The predicted octanol–water partition coefficient (Wildman–Crippen LogP) is 11.0. The second kappa shape index (κ2) is 17.5. The van der Waals surface area contributed by atoms with Crippen molar-refractivity contribution in [2.45, 2.75) is 102 Å². The van der Waals surface area contributed by atoms with Crippen LogP contribution in [0.1, 0.15) is 98.2 Å². The summed E-state index contributed by atoms with van der Waals surface area (Å²) in [5, 5.41) is 17.7. The average Bonchev–Trinajstić information content (AvgIpc) is 3.51. The predicted molar refractivity (Wildman–Crippen MR) is 234 cm³/mol. The van der Waals surface area contributed by atoms with Crippen LogP contribution in [0.25, 0.3) is 0 Å². The fraction of sp³-hybridized carbons (Fsp3) is 0.380. The van der Waals surface area contributed by atoms with Gasteiger partial charge in [-0.3, -0.25) is 9.78 Å². The summed E-state index contributed by atoms with van der Waals surface area (Å²) in [7, 11) is 0. The highest BCUT2D eigenvalue weighted by Crippen LogP contribution is 2.57. The van der Waals surface area contributed by atoms with E-state index in [9.17, 15) is 14.7 Å². The molecule has 0 saturated heterocycles. The van der Waals surface area contributed by atoms with Crippen LogP contribution in [-0.2, 0) is 40.9 Å². The smallest absolute Gasteiger partial charge is 0.329 e. The van der Waals surface area contributed by atoms with Gasteiger partial charge in [-0.05, 0) is 152 Å². The van der Waals surface area contributed by atoms with Crippen molar-refractivity contribution in [2.75, 3.05) is 17.2 Å². The largest absolute Gasteiger partial charge is 0.493 e. The van der Waals surface area contributed by atoms with Crippen molar-refractivity contribution in [3.8, 4) is 11.5 Å². The SMILES string of the molecule is C[C@@H](COc1ccnc2c1[C@H](C)CCC2)C[C@H]1Cc2ccc(OCc3cccc(NC(=O)Cc4ccccc4)c3)cc2C12CCC(Nc1cccc(Cl)c1)(C(=O)O)CC2. The van der Waals surface area contributed by atoms with Crippen LogP contribution < -0.4 is 20.1 Å². The van der Waals surface area contributed by atoms with Gasteiger partial charge in [0.2, 0.25) is 5.91 Å². The Morgan fingerprint density at radius 2 is 1.68 bits per heavy atom. The first kappa shape index (κ1) is 40.4. The van der Waals surface area contributed by atoms with E-state index < -0.39 is 11.5 Å². The van der Waals surface area contributed by atoms with Crippen molar-refractivity contribution >= 4 is 34.9 Å². The number of pyridine rings is 1. The Bertz CT molecular complexity index is 2290. The average molecular weight is 812 g/mol. The lowest BCUT2D eigenvalue weighted by atomic mass is 9.59. The zero-order chi connectivity index (χ0) is 41.0. The molecule has 0 radical (unpaired) electrons. The Morgan fingerprint density at radius 1 is 0.898 bits per heavy atom. The quantitative estimate of drug-likeness (QED) is 0.102. The van der Waals surface area contributed by atoms with Crippen molar-refractivity contribution < 1.29 is 24.2 Å². The molecule has 1 amide bonds. The Balaban J connectivity index is 1.00. The molecule has 1 saturated carbocycles. The number of aryl methyl sites for hydroxylation is 1. The first-order chi connectivity index (χ1) is 28.6. The number of nitrogens with one attached hydrogen (secondary N) is 2. The molecule has 4 aromatic carbocycles. The highest BCUT2D eigenvalue weighted by molar-refractivity contribution is 6.30. The zero-order valence-electron chi connectivity index (χ0n) is 34.0. The summed E-state index contributed by atoms with van der Waals surface area (Å²) in [5.74, 6) is 1.87. The highest BCUT2D eigenvalue weighted by atomic mass is 35.5. The van der Waals surface area contributed by atoms with Crippen LogP contribution in [-0.4, -0.2) is 34.1 Å². The number of amides is 1. The van der Waals surface area contributed by atoms with Gasteiger partial charge in [-0.2, -0.15) is 0 Å². The lowest BCUT2D eigenvalue weighted by Crippen LogP contribution is -2.53. The van der Waals surface area contributed by atoms with Gasteiger partial charge >= 0.3 is 5.97 Å². The Morgan fingerprint density at radius 3 is 2.47 bits per heavy atom. The molecule has 3 aliphatic carbocycles. The summed E-state index contributed by atoms with van der Waals surface area (Å²) in [6, 6.07) is 33.3. The summed E-state index contributed by atoms with van der Waals surface area (Å²) in [6.45, 7) is 5.52. The molecule has 3 atom stereocenters. The van der Waals surface area contributed by atoms with Gasteiger partial charge in [0.05, 0.1) is 13.0 Å². The van der Waals surface area contributed by atoms with E-state index in [0.717, 1.165) is 73.3 Å². The maximum atomic E-state index is 13.1. The number of ether oxygens (including phenoxy) is 2. The molecule has 1 aromatic heterocycles. The number of anilines is 2. The molecule has 306 valence electrons. The molecule has 3 aliphatic rings. The van der Waals surface area contributed by atoms with Crippen molar-refractivity contribution in [3.05, 3.63) is 148 Å². The fourth-order valence-corrected chi connectivity index (χ4v) is 10.2. The molecule has 1 fully saturated rings. The number of carboxylic acids is 1. The Kier molecular flexibility index (Phi) is 12.0. The van der Waals surface area contributed by atoms with E-state index in [2.05, 4.69) is 47.7 Å². The van der Waals surface area contributed by atoms with E-state index in [1.807, 2.05) is 79.0 Å². The van der Waals surface area contributed by atoms with Gasteiger partial charge in [0.25, 0.3) is 0 Å². The molecule has 59 heavy (non-hydrogen) atoms. The van der Waals surface area contributed by atoms with Crippen molar-refractivity contribution in [3.63, 3.8) is 0 Å². The third kappa shape index (κ3) is 8.98. The maximum absolute atomic E-state index is 13.1. The summed E-state index contributed by atoms with van der Waals surface area (Å²) in [6.07, 6.45) is 9.80. The van der Waals surface area contributed by atoms with Gasteiger partial charge in [-0.1, -0.05) is 80.0 Å². The van der Waals surface area contributed by atoms with Crippen LogP contribution in [0.5, 0.6) is 11.5 Å². The van der Waals surface area contributed by atoms with Gasteiger partial charge in [0, 0.05) is 33.9 Å². The second-order valence-corrected chi connectivity index (χ2v) is 17.6. The van der Waals surface area contributed by atoms with Crippen molar-refractivity contribution in [1.82, 2.24) is 4.98 Å². The van der Waals surface area contributed by atoms with Gasteiger partial charge < -0.3 is 25.2 Å². The zero-order valence-corrected chi connectivity index (χ0v) is 34.8. The van der Waals surface area contributed by atoms with Crippen LogP contribution in [0.4, 0.5) is 11.4 Å². The molecule has 1 heterocycles. The second-order valence-electron chi connectivity index (χ2n) is 17.2. The number of hydrogen-bond acceptors (Lipinski definition) is 6. The van der Waals surface area contributed by atoms with E-state index >= 15 is 0 Å². The van der Waals surface area contributed by atoms with Crippen molar-refractivity contribution in [1.29, 1.82) is 0 Å². The number of carboxylic acid groups (broad SMARTS) is 1. The molecule has 5 aromatic rings. The fourth-order valence-electron chi connectivity index (χ4n) is 10.1. The third-order valence-corrected chi connectivity index (χ3v) is 13.3. The van der Waals surface area contributed by atoms with Crippen molar-refractivity contribution in [2.24, 2.45) is 11.8 Å². The summed E-state index contributed by atoms with van der Waals surface area (Å²) in [4.78, 5) is 30.6. The first-order valence-electron chi connectivity index (χ1n) is 21.2. The molecular weight excluding hydrogens is 758 g/mol. The number of halogens is 1. The normalized spacial score (nSPS) is 22.5. The van der Waals surface area contributed by atoms with Crippen LogP contribution >= 0.6 is 11.6 Å². The maximum Gasteiger partial charge on any atom is 0.329 e. The minimum atomic E-state index is -1.11. The number of nitrogens with zero attached hydrogens (tertiary/aromatic N) is 1. The van der Waals surface area contributed by atoms with Crippen LogP contribution in [0, 0.1) is 11.8 Å². The Labute approximate surface area is 352 Å². The first-order valence-corrected chi connectivity index (χ1v) is 21.5. The minimum absolute atomic E-state index is 0.0679. The molecule has 0 unspecified atom stereocenters. The van der Waals surface area contributed by atoms with Gasteiger partial charge in [-0.25, -0.2) is 4.79 Å². The van der Waals surface area contributed by atoms with E-state index in [1.54, 1.807) is 12.1 Å². The van der Waals surface area contributed by atoms with E-state index in [4.69, 9.17) is 21.1 Å². The standard InChI is InChI=1S/C50H54ClN3O5/c1-33(31-59-45-19-24-52-44-16-6-9-34(2)47(44)45)25-38-28-37-17-18-42(58-32-36-12-7-14-40(26-36)53-46(55)27-35-10-4-3-5-11-35)30-43(37)49(38)20-22-50(23-21-49,48(56)57)54-41-15-8-13-39(51)29-41/h3-5,7-8,10-15,17-19,24,26,29-30,33-34,38,54H,6,9,16,20-23,25,27-28,31-32H2,1-2H3,(H,53,55)(H,56,57)/t33-,34-,38+,49?,50?/m1/s1. The molecule has 8 rings (SSSR count). The minimum Gasteiger partial charge on any atom is -0.493 e. The van der Waals surface area contributed by atoms with Gasteiger partial charge in [0.15, 0.2) is 0 Å². The number of rotatable bonds is 14. The van der Waals surface area contributed by atoms with E-state index in [-0.39, 0.29) is 17.2 Å². The lowest BCUT2D eigenvalue weighted by Gasteiger charge is -2.47. The number of fused-ring (bicyclic) bond motifs is 3. The number of aromatic nitrogens is 1. The molecule has 9 heteroatoms. The topological polar surface area (TPSA) is 110 Å². The molecule has 0 aliphatic heterocycles. The molecule has 3 N–H and O–H groups in total. The number of hydrogen-bond donors (Lipinski definition) is 3. The number of benzene rings is 4. The highest BCUT2D eigenvalue weighted by Gasteiger charge is 2.54. The number of carbonyl (C=O) groups is 2. The van der Waals surface area contributed by atoms with Crippen LogP contribution in [0.3, 0.4) is 0 Å². The van der Waals surface area contributed by atoms with Crippen LogP contribution in [0.15, 0.2) is 109 Å². The van der Waals surface area contributed by atoms with Crippen LogP contribution in [0.2, 0.25) is 5.02 Å². The molecular formula is C50H54ClN3O5. The lowest BCUT2D eigenvalue weighted by molar-refractivity contribution is -0.144. The molecule has 0 bridgehead atoms. The monoisotopic (exact) mass is 811 g/mol. The van der Waals surface area contributed by atoms with E-state index in [0.29, 0.717) is 55.0 Å². The van der Waals surface area contributed by atoms with Gasteiger partial charge in [0.1, 0.15) is 23.6 Å². The third-order valence-electron chi connectivity index (χ3n) is 13.1. The number of carbonyl (C=O) groups excluding carboxylic acids is 1. The van der Waals surface area contributed by atoms with Gasteiger partial charge in [-0.15, -0.1) is 0 Å². The Hall–Kier alpha value is -5.34. The summed E-state index contributed by atoms with van der Waals surface area (Å²) in [5.41, 5.74) is 7.06. The summed E-state index contributed by atoms with van der Waals surface area (Å²) < 4.78 is 13.1. The van der Waals surface area contributed by atoms with E-state index in [1.165, 1.54) is 22.4 Å². The number of aliphatic carboxylic acids is 1. The summed E-state index contributed by atoms with van der Waals surface area (Å²) >= 11 is 6.32. The molecule has 1 spiro atoms. The molecule has 8 nitrogen and oxygen atoms in total.